The molecule has 0 aliphatic heterocycles. The molecule has 1 unspecified atom stereocenters. The quantitative estimate of drug-likeness (QED) is 0.749. The highest BCUT2D eigenvalue weighted by Gasteiger charge is 2.13. The third-order valence-electron chi connectivity index (χ3n) is 1.86. The maximum Gasteiger partial charge on any atom is 0.0849 e. The van der Waals surface area contributed by atoms with Crippen molar-refractivity contribution in [1.82, 2.24) is 19.4 Å². The van der Waals surface area contributed by atoms with Gasteiger partial charge in [0.2, 0.25) is 0 Å². The molecular weight excluding hydrogens is 186 g/mol. The second-order valence-corrected chi connectivity index (χ2v) is 3.49. The van der Waals surface area contributed by atoms with E-state index in [1.807, 2.05) is 13.1 Å². The lowest BCUT2D eigenvalue weighted by atomic mass is 10.2. The summed E-state index contributed by atoms with van der Waals surface area (Å²) in [4.78, 5) is 0.948. The van der Waals surface area contributed by atoms with Gasteiger partial charge in [-0.05, 0) is 17.6 Å². The molecule has 0 fully saturated rings. The fourth-order valence-electron chi connectivity index (χ4n) is 1.15. The smallest absolute Gasteiger partial charge is 0.0849 e. The highest BCUT2D eigenvalue weighted by Crippen LogP contribution is 2.19. The summed E-state index contributed by atoms with van der Waals surface area (Å²) in [6, 6.07) is 1.72. The molecule has 2 aromatic rings. The lowest BCUT2D eigenvalue weighted by molar-refractivity contribution is 0.677. The van der Waals surface area contributed by atoms with E-state index in [4.69, 9.17) is 5.73 Å². The van der Waals surface area contributed by atoms with Crippen LogP contribution in [0.3, 0.4) is 0 Å². The van der Waals surface area contributed by atoms with Gasteiger partial charge in [-0.15, -0.1) is 5.10 Å². The minimum absolute atomic E-state index is 0.174. The molecule has 6 heteroatoms. The van der Waals surface area contributed by atoms with Gasteiger partial charge in [0, 0.05) is 13.2 Å². The Hall–Kier alpha value is -1.27. The van der Waals surface area contributed by atoms with Crippen LogP contribution >= 0.6 is 11.5 Å². The Kier molecular flexibility index (Phi) is 2.07. The van der Waals surface area contributed by atoms with Crippen LogP contribution in [0.4, 0.5) is 0 Å². The monoisotopic (exact) mass is 195 g/mol. The van der Waals surface area contributed by atoms with Crippen molar-refractivity contribution in [3.05, 3.63) is 29.0 Å². The number of aryl methyl sites for hydroxylation is 1. The second-order valence-electron chi connectivity index (χ2n) is 2.68. The topological polar surface area (TPSA) is 69.6 Å². The summed E-state index contributed by atoms with van der Waals surface area (Å²) in [7, 11) is 1.86. The molecule has 0 aliphatic rings. The van der Waals surface area contributed by atoms with Gasteiger partial charge >= 0.3 is 0 Å². The van der Waals surface area contributed by atoms with Crippen molar-refractivity contribution in [2.24, 2.45) is 12.8 Å². The van der Waals surface area contributed by atoms with E-state index in [0.29, 0.717) is 0 Å². The minimum Gasteiger partial charge on any atom is -0.318 e. The molecule has 13 heavy (non-hydrogen) atoms. The van der Waals surface area contributed by atoms with E-state index in [2.05, 4.69) is 14.7 Å². The van der Waals surface area contributed by atoms with Crippen LogP contribution in [-0.4, -0.2) is 19.4 Å². The zero-order valence-electron chi connectivity index (χ0n) is 7.08. The fourth-order valence-corrected chi connectivity index (χ4v) is 1.66. The van der Waals surface area contributed by atoms with E-state index in [1.54, 1.807) is 17.1 Å². The van der Waals surface area contributed by atoms with Gasteiger partial charge in [0.25, 0.3) is 0 Å². The molecule has 2 heterocycles. The normalized spacial score (nSPS) is 13.1. The molecule has 0 saturated carbocycles. The summed E-state index contributed by atoms with van der Waals surface area (Å²) >= 11 is 1.31. The standard InChI is InChI=1S/C7H9N5S/c1-12-5(2-3-10-12)7(8)6-4-9-11-13-6/h2-4,7H,8H2,1H3. The van der Waals surface area contributed by atoms with Gasteiger partial charge in [0.05, 0.1) is 22.8 Å². The summed E-state index contributed by atoms with van der Waals surface area (Å²) < 4.78 is 5.52. The van der Waals surface area contributed by atoms with E-state index in [0.717, 1.165) is 10.6 Å². The molecule has 5 nitrogen and oxygen atoms in total. The zero-order valence-corrected chi connectivity index (χ0v) is 7.90. The lowest BCUT2D eigenvalue weighted by Gasteiger charge is -2.07. The Morgan fingerprint density at radius 2 is 2.46 bits per heavy atom. The molecule has 0 bridgehead atoms. The number of nitrogens with zero attached hydrogens (tertiary/aromatic N) is 4. The highest BCUT2D eigenvalue weighted by atomic mass is 32.1. The maximum atomic E-state index is 5.98. The molecule has 0 aromatic carbocycles. The Labute approximate surface area is 79.4 Å². The summed E-state index contributed by atoms with van der Waals surface area (Å²) in [5, 5.41) is 7.79. The molecule has 0 saturated heterocycles. The number of aromatic nitrogens is 4. The van der Waals surface area contributed by atoms with Crippen molar-refractivity contribution in [2.75, 3.05) is 0 Å². The Morgan fingerprint density at radius 1 is 1.62 bits per heavy atom. The first-order chi connectivity index (χ1) is 6.29. The predicted octanol–water partition coefficient (Wildman–Crippen LogP) is 0.320. The largest absolute Gasteiger partial charge is 0.318 e. The van der Waals surface area contributed by atoms with Crippen molar-refractivity contribution in [3.63, 3.8) is 0 Å². The first-order valence-electron chi connectivity index (χ1n) is 3.80. The molecule has 2 N–H and O–H groups in total. The molecule has 68 valence electrons. The molecule has 0 amide bonds. The highest BCUT2D eigenvalue weighted by molar-refractivity contribution is 7.05. The molecule has 0 radical (unpaired) electrons. The third-order valence-corrected chi connectivity index (χ3v) is 2.61. The summed E-state index contributed by atoms with van der Waals surface area (Å²) in [5.41, 5.74) is 6.94. The molecule has 1 atom stereocenters. The van der Waals surface area contributed by atoms with Crippen molar-refractivity contribution in [1.29, 1.82) is 0 Å². The van der Waals surface area contributed by atoms with Crippen molar-refractivity contribution in [3.8, 4) is 0 Å². The number of rotatable bonds is 2. The van der Waals surface area contributed by atoms with Gasteiger partial charge in [0.1, 0.15) is 0 Å². The van der Waals surface area contributed by atoms with Crippen LogP contribution in [0.15, 0.2) is 18.5 Å². The van der Waals surface area contributed by atoms with Crippen LogP contribution in [-0.2, 0) is 7.05 Å². The first-order valence-corrected chi connectivity index (χ1v) is 4.57. The Balaban J connectivity index is 2.33. The fraction of sp³-hybridized carbons (Fsp3) is 0.286. The summed E-state index contributed by atoms with van der Waals surface area (Å²) in [6.07, 6.45) is 3.41. The van der Waals surface area contributed by atoms with E-state index < -0.39 is 0 Å². The number of hydrogen-bond donors (Lipinski definition) is 1. The molecule has 2 rings (SSSR count). The van der Waals surface area contributed by atoms with Gasteiger partial charge in [0.15, 0.2) is 0 Å². The van der Waals surface area contributed by atoms with Crippen molar-refractivity contribution < 1.29 is 0 Å². The van der Waals surface area contributed by atoms with Crippen LogP contribution < -0.4 is 5.73 Å². The average Bonchev–Trinajstić information content (AvgIpc) is 2.72. The van der Waals surface area contributed by atoms with Crippen LogP contribution in [0, 0.1) is 0 Å². The van der Waals surface area contributed by atoms with Gasteiger partial charge in [-0.3, -0.25) is 4.68 Å². The van der Waals surface area contributed by atoms with Gasteiger partial charge in [-0.2, -0.15) is 5.10 Å². The van der Waals surface area contributed by atoms with Crippen LogP contribution in [0.25, 0.3) is 0 Å². The second kappa shape index (κ2) is 3.23. The van der Waals surface area contributed by atoms with E-state index in [1.165, 1.54) is 11.5 Å². The van der Waals surface area contributed by atoms with Crippen LogP contribution in [0.5, 0.6) is 0 Å². The molecular formula is C7H9N5S. The Bertz CT molecular complexity index is 379. The Morgan fingerprint density at radius 3 is 3.00 bits per heavy atom. The van der Waals surface area contributed by atoms with Crippen LogP contribution in [0.1, 0.15) is 16.6 Å². The van der Waals surface area contributed by atoms with E-state index >= 15 is 0 Å². The van der Waals surface area contributed by atoms with E-state index in [9.17, 15) is 0 Å². The predicted molar refractivity (Wildman–Crippen MR) is 49.1 cm³/mol. The molecule has 0 aliphatic carbocycles. The third kappa shape index (κ3) is 1.45. The van der Waals surface area contributed by atoms with Gasteiger partial charge in [-0.1, -0.05) is 4.49 Å². The van der Waals surface area contributed by atoms with Crippen molar-refractivity contribution >= 4 is 11.5 Å². The maximum absolute atomic E-state index is 5.98. The SMILES string of the molecule is Cn1nccc1C(N)c1cnns1. The van der Waals surface area contributed by atoms with E-state index in [-0.39, 0.29) is 6.04 Å². The lowest BCUT2D eigenvalue weighted by Crippen LogP contribution is -2.14. The van der Waals surface area contributed by atoms with Crippen LogP contribution in [0.2, 0.25) is 0 Å². The minimum atomic E-state index is -0.174. The zero-order chi connectivity index (χ0) is 9.26. The summed E-state index contributed by atoms with van der Waals surface area (Å²) in [6.45, 7) is 0. The molecule has 0 spiro atoms. The molecule has 2 aromatic heterocycles. The number of hydrogen-bond acceptors (Lipinski definition) is 5. The first kappa shape index (κ1) is 8.33. The van der Waals surface area contributed by atoms with Gasteiger partial charge < -0.3 is 5.73 Å². The van der Waals surface area contributed by atoms with Crippen molar-refractivity contribution in [2.45, 2.75) is 6.04 Å². The average molecular weight is 195 g/mol. The number of nitrogens with two attached hydrogens (primary N) is 1. The summed E-state index contributed by atoms with van der Waals surface area (Å²) in [5.74, 6) is 0. The van der Waals surface area contributed by atoms with Gasteiger partial charge in [-0.25, -0.2) is 0 Å².